The molecule has 3 heterocycles. The van der Waals surface area contributed by atoms with Crippen LogP contribution in [0.3, 0.4) is 0 Å². The fraction of sp³-hybridized carbons (Fsp3) is 0.410. The molecule has 2 N–H and O–H groups in total. The summed E-state index contributed by atoms with van der Waals surface area (Å²) in [4.78, 5) is 37.9. The molecular weight excluding hydrogens is 638 g/mol. The van der Waals surface area contributed by atoms with E-state index in [1.54, 1.807) is 11.6 Å². The first-order chi connectivity index (χ1) is 23.6. The highest BCUT2D eigenvalue weighted by Crippen LogP contribution is 2.38. The third-order valence-electron chi connectivity index (χ3n) is 9.54. The zero-order chi connectivity index (χ0) is 34.5. The van der Waals surface area contributed by atoms with E-state index in [0.29, 0.717) is 16.1 Å². The highest BCUT2D eigenvalue weighted by molar-refractivity contribution is 7.13. The minimum Gasteiger partial charge on any atom is -0.508 e. The number of amides is 2. The molecule has 0 radical (unpaired) electrons. The summed E-state index contributed by atoms with van der Waals surface area (Å²) in [5.41, 5.74) is 4.76. The van der Waals surface area contributed by atoms with Gasteiger partial charge < -0.3 is 14.9 Å². The maximum atomic E-state index is 14.3. The van der Waals surface area contributed by atoms with Gasteiger partial charge in [-0.25, -0.2) is 9.37 Å². The van der Waals surface area contributed by atoms with Crippen LogP contribution in [0.15, 0.2) is 72.2 Å². The number of carbonyl (C=O) groups excluding carboxylic acids is 2. The molecule has 1 saturated heterocycles. The van der Waals surface area contributed by atoms with Crippen LogP contribution >= 0.6 is 11.3 Å². The average molecular weight is 684 g/mol. The second-order valence-electron chi connectivity index (χ2n) is 14.3. The first-order valence-corrected chi connectivity index (χ1v) is 18.1. The number of benzene rings is 3. The Morgan fingerprint density at radius 3 is 2.41 bits per heavy atom. The van der Waals surface area contributed by atoms with E-state index in [2.05, 4.69) is 65.1 Å². The summed E-state index contributed by atoms with van der Waals surface area (Å²) < 4.78 is 14.3. The van der Waals surface area contributed by atoms with Gasteiger partial charge in [-0.3, -0.25) is 19.8 Å². The van der Waals surface area contributed by atoms with Gasteiger partial charge in [0.25, 0.3) is 11.8 Å². The minimum atomic E-state index is -1.26. The molecule has 49 heavy (non-hydrogen) atoms. The van der Waals surface area contributed by atoms with Crippen molar-refractivity contribution in [3.63, 3.8) is 0 Å². The lowest BCUT2D eigenvalue weighted by Gasteiger charge is -2.36. The van der Waals surface area contributed by atoms with Crippen LogP contribution in [0.1, 0.15) is 80.4 Å². The Bertz CT molecular complexity index is 1750. The van der Waals surface area contributed by atoms with Crippen LogP contribution in [0, 0.1) is 11.2 Å². The van der Waals surface area contributed by atoms with Gasteiger partial charge in [0.2, 0.25) is 0 Å². The van der Waals surface area contributed by atoms with Crippen molar-refractivity contribution >= 4 is 34.0 Å². The summed E-state index contributed by atoms with van der Waals surface area (Å²) in [7, 11) is 0. The van der Waals surface area contributed by atoms with E-state index >= 15 is 0 Å². The molecule has 2 aliphatic heterocycles. The van der Waals surface area contributed by atoms with Gasteiger partial charge in [-0.05, 0) is 77.9 Å². The number of rotatable bonds is 12. The predicted octanol–water partition coefficient (Wildman–Crippen LogP) is 8.11. The molecular formula is C39H46FN5O3S. The van der Waals surface area contributed by atoms with E-state index in [0.717, 1.165) is 55.0 Å². The lowest BCUT2D eigenvalue weighted by molar-refractivity contribution is -0.120. The van der Waals surface area contributed by atoms with Gasteiger partial charge in [-0.2, -0.15) is 0 Å². The zero-order valence-corrected chi connectivity index (χ0v) is 29.4. The van der Waals surface area contributed by atoms with E-state index in [-0.39, 0.29) is 23.8 Å². The van der Waals surface area contributed by atoms with Crippen molar-refractivity contribution in [2.24, 2.45) is 5.41 Å². The van der Waals surface area contributed by atoms with Crippen molar-refractivity contribution in [3.8, 4) is 16.9 Å². The first-order valence-electron chi connectivity index (χ1n) is 17.3. The highest BCUT2D eigenvalue weighted by atomic mass is 32.1. The molecule has 4 aromatic rings. The molecule has 0 bridgehead atoms. The fourth-order valence-electron chi connectivity index (χ4n) is 6.80. The van der Waals surface area contributed by atoms with Crippen molar-refractivity contribution in [3.05, 3.63) is 94.7 Å². The lowest BCUT2D eigenvalue weighted by Crippen LogP contribution is -2.46. The molecule has 0 aliphatic carbocycles. The van der Waals surface area contributed by atoms with Crippen LogP contribution in [0.4, 0.5) is 15.2 Å². The summed E-state index contributed by atoms with van der Waals surface area (Å²) in [6.07, 6.45) is 8.08. The largest absolute Gasteiger partial charge is 0.508 e. The van der Waals surface area contributed by atoms with Crippen LogP contribution < -0.4 is 10.2 Å². The maximum Gasteiger partial charge on any atom is 0.255 e. The number of anilines is 2. The van der Waals surface area contributed by atoms with Gasteiger partial charge >= 0.3 is 0 Å². The van der Waals surface area contributed by atoms with Crippen LogP contribution in [0.5, 0.6) is 5.75 Å². The van der Waals surface area contributed by atoms with Gasteiger partial charge in [-0.15, -0.1) is 11.3 Å². The Hall–Kier alpha value is -4.28. The van der Waals surface area contributed by atoms with Crippen molar-refractivity contribution in [2.75, 3.05) is 42.9 Å². The van der Waals surface area contributed by atoms with Crippen LogP contribution in [-0.4, -0.2) is 64.4 Å². The number of nitrogens with one attached hydrogen (secondary N) is 1. The minimum absolute atomic E-state index is 0.0125. The normalized spacial score (nSPS) is 15.8. The smallest absolute Gasteiger partial charge is 0.255 e. The van der Waals surface area contributed by atoms with E-state index in [4.69, 9.17) is 0 Å². The Morgan fingerprint density at radius 2 is 1.69 bits per heavy atom. The molecule has 6 rings (SSSR count). The topological polar surface area (TPSA) is 89.0 Å². The monoisotopic (exact) mass is 683 g/mol. The van der Waals surface area contributed by atoms with Crippen LogP contribution in [0.25, 0.3) is 11.1 Å². The van der Waals surface area contributed by atoms with Crippen LogP contribution in [0.2, 0.25) is 0 Å². The van der Waals surface area contributed by atoms with Crippen molar-refractivity contribution in [1.29, 1.82) is 0 Å². The SMILES string of the molecule is CC(C)(C)CCCCCCN1CCN(c2ccc(-c3ccc4c(c3)C(=O)N(C(C(=O)Nc3nccs3)c3cc(F)ccc3O)C4)cc2)CC1. The lowest BCUT2D eigenvalue weighted by atomic mass is 9.89. The van der Waals surface area contributed by atoms with E-state index < -0.39 is 17.8 Å². The molecule has 1 atom stereocenters. The van der Waals surface area contributed by atoms with E-state index in [1.165, 1.54) is 66.6 Å². The number of hydrogen-bond acceptors (Lipinski definition) is 7. The van der Waals surface area contributed by atoms with Gasteiger partial charge in [0, 0.05) is 61.1 Å². The quantitative estimate of drug-likeness (QED) is 0.147. The fourth-order valence-corrected chi connectivity index (χ4v) is 7.34. The molecule has 3 aromatic carbocycles. The molecule has 1 aromatic heterocycles. The van der Waals surface area contributed by atoms with Gasteiger partial charge in [0.1, 0.15) is 17.6 Å². The number of aromatic hydroxyl groups is 1. The number of thiazole rings is 1. The average Bonchev–Trinajstić information content (AvgIpc) is 3.71. The summed E-state index contributed by atoms with van der Waals surface area (Å²) in [6.45, 7) is 12.4. The second kappa shape index (κ2) is 15.1. The first kappa shape index (κ1) is 34.6. The zero-order valence-electron chi connectivity index (χ0n) is 28.6. The number of nitrogens with zero attached hydrogens (tertiary/aromatic N) is 4. The van der Waals surface area contributed by atoms with E-state index in [9.17, 15) is 19.1 Å². The molecule has 258 valence electrons. The predicted molar refractivity (Wildman–Crippen MR) is 194 cm³/mol. The number of hydrogen-bond donors (Lipinski definition) is 2. The summed E-state index contributed by atoms with van der Waals surface area (Å²) in [5, 5.41) is 15.4. The molecule has 1 unspecified atom stereocenters. The van der Waals surface area contributed by atoms with E-state index in [1.807, 2.05) is 18.2 Å². The number of carbonyl (C=O) groups is 2. The Morgan fingerprint density at radius 1 is 0.959 bits per heavy atom. The summed E-state index contributed by atoms with van der Waals surface area (Å²) >= 11 is 1.23. The molecule has 2 aliphatic rings. The number of fused-ring (bicyclic) bond motifs is 1. The molecule has 10 heteroatoms. The number of phenolic OH excluding ortho intramolecular Hbond substituents is 1. The molecule has 0 spiro atoms. The third kappa shape index (κ3) is 8.48. The molecule has 8 nitrogen and oxygen atoms in total. The van der Waals surface area contributed by atoms with Crippen molar-refractivity contribution in [2.45, 2.75) is 65.5 Å². The Balaban J connectivity index is 1.09. The van der Waals surface area contributed by atoms with Gasteiger partial charge in [-0.1, -0.05) is 64.3 Å². The molecule has 0 saturated carbocycles. The summed E-state index contributed by atoms with van der Waals surface area (Å²) in [6, 6.07) is 16.4. The summed E-state index contributed by atoms with van der Waals surface area (Å²) in [5.74, 6) is -1.83. The van der Waals surface area contributed by atoms with Crippen molar-refractivity contribution < 1.29 is 19.1 Å². The standard InChI is InChI=1S/C39H46FN5O3S/c1-39(2,3)16-6-4-5-7-18-43-19-21-44(22-20-43)31-13-10-27(11-14-31)28-8-9-29-26-45(37(48)32(29)24-28)35(33-25-30(40)12-15-34(33)46)36(47)42-38-41-17-23-49-38/h8-15,17,23-25,35,46H,4-7,16,18-22,26H2,1-3H3,(H,41,42,47). The van der Waals surface area contributed by atoms with Crippen LogP contribution in [-0.2, 0) is 11.3 Å². The maximum absolute atomic E-state index is 14.3. The Kier molecular flexibility index (Phi) is 10.6. The van der Waals surface area contributed by atoms with Gasteiger partial charge in [0.15, 0.2) is 5.13 Å². The number of piperazine rings is 1. The number of phenols is 1. The molecule has 1 fully saturated rings. The second-order valence-corrected chi connectivity index (χ2v) is 15.2. The number of unbranched alkanes of at least 4 members (excludes halogenated alkanes) is 3. The number of aromatic nitrogens is 1. The van der Waals surface area contributed by atoms with Crippen molar-refractivity contribution in [1.82, 2.24) is 14.8 Å². The third-order valence-corrected chi connectivity index (χ3v) is 10.2. The molecule has 2 amide bonds. The Labute approximate surface area is 292 Å². The van der Waals surface area contributed by atoms with Gasteiger partial charge in [0.05, 0.1) is 0 Å². The highest BCUT2D eigenvalue weighted by Gasteiger charge is 2.39. The number of halogens is 1.